The van der Waals surface area contributed by atoms with Crippen molar-refractivity contribution < 1.29 is 19.1 Å². The maximum Gasteiger partial charge on any atom is 0.265 e. The van der Waals surface area contributed by atoms with Crippen LogP contribution in [0.15, 0.2) is 41.3 Å². The molecule has 0 aliphatic carbocycles. The van der Waals surface area contributed by atoms with Crippen LogP contribution in [0, 0.1) is 0 Å². The van der Waals surface area contributed by atoms with E-state index in [4.69, 9.17) is 4.74 Å². The summed E-state index contributed by atoms with van der Waals surface area (Å²) in [7, 11) is 0. The number of carbonyl (C=O) groups is 3. The molecule has 2 aliphatic heterocycles. The van der Waals surface area contributed by atoms with Crippen LogP contribution in [0.25, 0.3) is 0 Å². The van der Waals surface area contributed by atoms with Gasteiger partial charge in [0.15, 0.2) is 6.10 Å². The molecular formula is C19H17N3O4S. The molecule has 2 aromatic carbocycles. The topological polar surface area (TPSA) is 96.5 Å². The van der Waals surface area contributed by atoms with Crippen molar-refractivity contribution in [3.05, 3.63) is 42.0 Å². The first-order valence-corrected chi connectivity index (χ1v) is 9.48. The molecule has 1 atom stereocenters. The van der Waals surface area contributed by atoms with E-state index in [2.05, 4.69) is 16.0 Å². The third-order valence-corrected chi connectivity index (χ3v) is 5.35. The van der Waals surface area contributed by atoms with Crippen LogP contribution in [-0.4, -0.2) is 29.6 Å². The van der Waals surface area contributed by atoms with Crippen molar-refractivity contribution in [2.45, 2.75) is 24.3 Å². The zero-order valence-electron chi connectivity index (χ0n) is 14.5. The van der Waals surface area contributed by atoms with E-state index in [1.165, 1.54) is 0 Å². The number of benzene rings is 2. The van der Waals surface area contributed by atoms with E-state index >= 15 is 0 Å². The van der Waals surface area contributed by atoms with Crippen LogP contribution in [-0.2, 0) is 9.59 Å². The fourth-order valence-electron chi connectivity index (χ4n) is 2.85. The highest BCUT2D eigenvalue weighted by molar-refractivity contribution is 7.99. The number of hydrogen-bond acceptors (Lipinski definition) is 5. The number of amides is 3. The van der Waals surface area contributed by atoms with Crippen molar-refractivity contribution in [3.8, 4) is 5.75 Å². The molecule has 0 radical (unpaired) electrons. The van der Waals surface area contributed by atoms with Gasteiger partial charge in [-0.25, -0.2) is 0 Å². The molecule has 8 heteroatoms. The zero-order valence-corrected chi connectivity index (χ0v) is 15.3. The van der Waals surface area contributed by atoms with Gasteiger partial charge < -0.3 is 20.7 Å². The zero-order chi connectivity index (χ0) is 19.0. The summed E-state index contributed by atoms with van der Waals surface area (Å²) in [6.45, 7) is 1.67. The van der Waals surface area contributed by atoms with E-state index < -0.39 is 6.10 Å². The molecule has 4 rings (SSSR count). The second kappa shape index (κ2) is 6.96. The Morgan fingerprint density at radius 1 is 1.15 bits per heavy atom. The molecule has 3 amide bonds. The van der Waals surface area contributed by atoms with Crippen molar-refractivity contribution in [3.63, 3.8) is 0 Å². The van der Waals surface area contributed by atoms with Gasteiger partial charge in [0, 0.05) is 28.3 Å². The van der Waals surface area contributed by atoms with E-state index in [9.17, 15) is 14.4 Å². The fraction of sp³-hybridized carbons (Fsp3) is 0.211. The molecule has 2 aliphatic rings. The minimum Gasteiger partial charge on any atom is -0.479 e. The highest BCUT2D eigenvalue weighted by Crippen LogP contribution is 2.33. The molecule has 2 heterocycles. The lowest BCUT2D eigenvalue weighted by Gasteiger charge is -2.23. The molecule has 0 aromatic heterocycles. The fourth-order valence-corrected chi connectivity index (χ4v) is 3.79. The molecule has 138 valence electrons. The number of hydrogen-bond donors (Lipinski definition) is 3. The molecule has 2 aromatic rings. The van der Waals surface area contributed by atoms with E-state index in [1.54, 1.807) is 49.0 Å². The molecular weight excluding hydrogens is 366 g/mol. The summed E-state index contributed by atoms with van der Waals surface area (Å²) in [6.07, 6.45) is -0.104. The van der Waals surface area contributed by atoms with Gasteiger partial charge in [-0.05, 0) is 43.3 Å². The number of anilines is 3. The number of nitrogens with one attached hydrogen (secondary N) is 3. The third-order valence-electron chi connectivity index (χ3n) is 4.27. The number of thioether (sulfide) groups is 1. The summed E-state index contributed by atoms with van der Waals surface area (Å²) >= 11 is 1.58. The van der Waals surface area contributed by atoms with E-state index in [1.807, 2.05) is 6.07 Å². The highest BCUT2D eigenvalue weighted by atomic mass is 32.2. The Bertz CT molecular complexity index is 960. The normalized spacial score (nSPS) is 18.2. The second-order valence-corrected chi connectivity index (χ2v) is 7.41. The van der Waals surface area contributed by atoms with Crippen molar-refractivity contribution in [1.29, 1.82) is 0 Å². The Hall–Kier alpha value is -3.00. The van der Waals surface area contributed by atoms with Gasteiger partial charge in [-0.2, -0.15) is 0 Å². The summed E-state index contributed by atoms with van der Waals surface area (Å²) in [5.41, 5.74) is 2.13. The van der Waals surface area contributed by atoms with Gasteiger partial charge in [0.2, 0.25) is 5.91 Å². The van der Waals surface area contributed by atoms with Crippen LogP contribution in [0.2, 0.25) is 0 Å². The quantitative estimate of drug-likeness (QED) is 0.741. The molecule has 0 unspecified atom stereocenters. The Labute approximate surface area is 159 Å². The number of carbonyl (C=O) groups excluding carboxylic acids is 3. The first-order chi connectivity index (χ1) is 13.0. The van der Waals surface area contributed by atoms with Crippen molar-refractivity contribution in [1.82, 2.24) is 0 Å². The van der Waals surface area contributed by atoms with Gasteiger partial charge in [-0.15, -0.1) is 11.8 Å². The maximum atomic E-state index is 12.6. The van der Waals surface area contributed by atoms with Gasteiger partial charge in [0.1, 0.15) is 5.75 Å². The smallest absolute Gasteiger partial charge is 0.265 e. The van der Waals surface area contributed by atoms with Gasteiger partial charge in [0.05, 0.1) is 11.4 Å². The lowest BCUT2D eigenvalue weighted by molar-refractivity contribution is -0.122. The third kappa shape index (κ3) is 3.61. The van der Waals surface area contributed by atoms with Crippen LogP contribution in [0.3, 0.4) is 0 Å². The number of fused-ring (bicyclic) bond motifs is 2. The SMILES string of the molecule is C[C@@H]1Oc2ccc(NC(=O)c3ccc4c(c3)NC(=O)CCS4)cc2NC1=O. The summed E-state index contributed by atoms with van der Waals surface area (Å²) < 4.78 is 5.51. The average molecular weight is 383 g/mol. The summed E-state index contributed by atoms with van der Waals surface area (Å²) in [6, 6.07) is 10.3. The van der Waals surface area contributed by atoms with Crippen LogP contribution >= 0.6 is 11.8 Å². The molecule has 3 N–H and O–H groups in total. The van der Waals surface area contributed by atoms with Gasteiger partial charge in [-0.1, -0.05) is 0 Å². The first kappa shape index (κ1) is 17.4. The molecule has 0 saturated carbocycles. The maximum absolute atomic E-state index is 12.6. The number of rotatable bonds is 2. The van der Waals surface area contributed by atoms with E-state index in [0.717, 1.165) is 4.90 Å². The lowest BCUT2D eigenvalue weighted by Crippen LogP contribution is -2.34. The van der Waals surface area contributed by atoms with Crippen LogP contribution in [0.4, 0.5) is 17.1 Å². The van der Waals surface area contributed by atoms with Crippen LogP contribution in [0.1, 0.15) is 23.7 Å². The average Bonchev–Trinajstić information content (AvgIpc) is 2.82. The minimum absolute atomic E-state index is 0.0570. The standard InChI is InChI=1S/C19H17N3O4S/c1-10-18(24)22-13-9-12(3-4-15(13)26-10)20-19(25)11-2-5-16-14(8-11)21-17(23)6-7-27-16/h2-5,8-10H,6-7H2,1H3,(H,20,25)(H,21,23)(H,22,24)/t10-/m0/s1. The summed E-state index contributed by atoms with van der Waals surface area (Å²) in [5.74, 6) is 0.678. The Kier molecular flexibility index (Phi) is 4.49. The highest BCUT2D eigenvalue weighted by Gasteiger charge is 2.24. The molecule has 0 fully saturated rings. The minimum atomic E-state index is -0.550. The largest absolute Gasteiger partial charge is 0.479 e. The van der Waals surface area contributed by atoms with Gasteiger partial charge in [-0.3, -0.25) is 14.4 Å². The molecule has 7 nitrogen and oxygen atoms in total. The van der Waals surface area contributed by atoms with Crippen molar-refractivity contribution >= 4 is 46.5 Å². The predicted octanol–water partition coefficient (Wildman–Crippen LogP) is 3.09. The van der Waals surface area contributed by atoms with Crippen LogP contribution in [0.5, 0.6) is 5.75 Å². The molecule has 0 saturated heterocycles. The Morgan fingerprint density at radius 3 is 2.85 bits per heavy atom. The predicted molar refractivity (Wildman–Crippen MR) is 104 cm³/mol. The van der Waals surface area contributed by atoms with E-state index in [-0.39, 0.29) is 17.7 Å². The summed E-state index contributed by atoms with van der Waals surface area (Å²) in [5, 5.41) is 8.38. The van der Waals surface area contributed by atoms with Crippen LogP contribution < -0.4 is 20.7 Å². The lowest BCUT2D eigenvalue weighted by atomic mass is 10.1. The molecule has 0 bridgehead atoms. The summed E-state index contributed by atoms with van der Waals surface area (Å²) in [4.78, 5) is 37.0. The van der Waals surface area contributed by atoms with Crippen molar-refractivity contribution in [2.24, 2.45) is 0 Å². The van der Waals surface area contributed by atoms with E-state index in [0.29, 0.717) is 40.5 Å². The second-order valence-electron chi connectivity index (χ2n) is 6.27. The van der Waals surface area contributed by atoms with Crippen molar-refractivity contribution in [2.75, 3.05) is 21.7 Å². The molecule has 0 spiro atoms. The first-order valence-electron chi connectivity index (χ1n) is 8.49. The Morgan fingerprint density at radius 2 is 2.00 bits per heavy atom. The monoisotopic (exact) mass is 383 g/mol. The van der Waals surface area contributed by atoms with Gasteiger partial charge in [0.25, 0.3) is 11.8 Å². The molecule has 27 heavy (non-hydrogen) atoms. The van der Waals surface area contributed by atoms with Gasteiger partial charge >= 0.3 is 0 Å². The Balaban J connectivity index is 1.54. The number of ether oxygens (including phenoxy) is 1.